The van der Waals surface area contributed by atoms with Gasteiger partial charge in [-0.1, -0.05) is 30.7 Å². The van der Waals surface area contributed by atoms with Crippen LogP contribution in [0.4, 0.5) is 5.69 Å². The molecule has 0 fully saturated rings. The van der Waals surface area contributed by atoms with Crippen molar-refractivity contribution >= 4 is 46.9 Å². The summed E-state index contributed by atoms with van der Waals surface area (Å²) in [7, 11) is 1.61. The van der Waals surface area contributed by atoms with Crippen molar-refractivity contribution in [2.75, 3.05) is 31.6 Å². The Balaban J connectivity index is 0.000000493. The molecule has 0 spiro atoms. The van der Waals surface area contributed by atoms with E-state index in [4.69, 9.17) is 26.6 Å². The van der Waals surface area contributed by atoms with Crippen LogP contribution in [0.3, 0.4) is 0 Å². The monoisotopic (exact) mass is 536 g/mol. The fourth-order valence-corrected chi connectivity index (χ4v) is 4.87. The van der Waals surface area contributed by atoms with Crippen LogP contribution in [-0.4, -0.2) is 66.0 Å². The molecule has 11 heteroatoms. The Hall–Kier alpha value is -3.05. The molecule has 1 heterocycles. The molecule has 1 aliphatic heterocycles. The van der Waals surface area contributed by atoms with Gasteiger partial charge in [-0.05, 0) is 48.9 Å². The molecule has 9 nitrogen and oxygen atoms in total. The van der Waals surface area contributed by atoms with E-state index < -0.39 is 23.3 Å². The topological polar surface area (TPSA) is 136 Å². The van der Waals surface area contributed by atoms with E-state index in [1.165, 1.54) is 11.8 Å². The molecule has 0 unspecified atom stereocenters. The van der Waals surface area contributed by atoms with E-state index in [0.717, 1.165) is 34.9 Å². The number of carboxylic acids is 2. The average Bonchev–Trinajstić information content (AvgIpc) is 2.95. The molecule has 2 aromatic rings. The van der Waals surface area contributed by atoms with Crippen LogP contribution in [0.15, 0.2) is 59.5 Å². The Morgan fingerprint density at radius 3 is 2.31 bits per heavy atom. The Morgan fingerprint density at radius 2 is 1.75 bits per heavy atom. The van der Waals surface area contributed by atoms with Gasteiger partial charge in [-0.2, -0.15) is 0 Å². The zero-order valence-electron chi connectivity index (χ0n) is 19.9. The molecule has 2 aromatic carbocycles. The lowest BCUT2D eigenvalue weighted by Gasteiger charge is -2.25. The minimum atomic E-state index is -1.26. The number of rotatable bonds is 9. The van der Waals surface area contributed by atoms with Crippen molar-refractivity contribution in [2.24, 2.45) is 0 Å². The number of anilines is 1. The SMILES string of the molecule is CCCNCCN1C(=O)[C@H](O)[C@H](c2ccc(OC)cc2)Sc2cc(Cl)ccc21.O=C(O)C=CC(=O)O. The highest BCUT2D eigenvalue weighted by atomic mass is 35.5. The fraction of sp³-hybridized carbons (Fsp3) is 0.320. The molecule has 1 aliphatic rings. The largest absolute Gasteiger partial charge is 0.497 e. The lowest BCUT2D eigenvalue weighted by molar-refractivity contribution is -0.134. The van der Waals surface area contributed by atoms with E-state index in [-0.39, 0.29) is 5.91 Å². The first-order valence-electron chi connectivity index (χ1n) is 11.1. The smallest absolute Gasteiger partial charge is 0.328 e. The number of nitrogens with zero attached hydrogens (tertiary/aromatic N) is 1. The van der Waals surface area contributed by atoms with Crippen LogP contribution < -0.4 is 15.0 Å². The molecule has 3 rings (SSSR count). The number of aliphatic hydroxyl groups is 1. The maximum Gasteiger partial charge on any atom is 0.328 e. The minimum absolute atomic E-state index is 0.298. The second-order valence-corrected chi connectivity index (χ2v) is 9.24. The Labute approximate surface area is 218 Å². The number of benzene rings is 2. The number of halogens is 1. The Kier molecular flexibility index (Phi) is 11.7. The van der Waals surface area contributed by atoms with Gasteiger partial charge in [0.2, 0.25) is 0 Å². The zero-order chi connectivity index (χ0) is 26.7. The summed E-state index contributed by atoms with van der Waals surface area (Å²) in [4.78, 5) is 34.8. The number of fused-ring (bicyclic) bond motifs is 1. The summed E-state index contributed by atoms with van der Waals surface area (Å²) in [6, 6.07) is 12.9. The first-order chi connectivity index (χ1) is 17.2. The highest BCUT2D eigenvalue weighted by Gasteiger charge is 2.37. The lowest BCUT2D eigenvalue weighted by atomic mass is 10.1. The number of aliphatic hydroxyl groups excluding tert-OH is 1. The summed E-state index contributed by atoms with van der Waals surface area (Å²) >= 11 is 7.68. The molecule has 4 N–H and O–H groups in total. The number of nitrogens with one attached hydrogen (secondary N) is 1. The maximum atomic E-state index is 13.1. The molecule has 0 aliphatic carbocycles. The highest BCUT2D eigenvalue weighted by molar-refractivity contribution is 7.99. The third kappa shape index (κ3) is 8.56. The number of hydrogen-bond donors (Lipinski definition) is 4. The Morgan fingerprint density at radius 1 is 1.11 bits per heavy atom. The number of carbonyl (C=O) groups excluding carboxylic acids is 1. The number of hydrogen-bond acceptors (Lipinski definition) is 7. The number of methoxy groups -OCH3 is 1. The summed E-state index contributed by atoms with van der Waals surface area (Å²) in [5, 5.41) is 30.0. The number of aliphatic carboxylic acids is 2. The molecular formula is C25H29ClN2O7S. The van der Waals surface area contributed by atoms with Gasteiger partial charge in [0.15, 0.2) is 0 Å². The van der Waals surface area contributed by atoms with Gasteiger partial charge in [0, 0.05) is 35.2 Å². The van der Waals surface area contributed by atoms with Crippen molar-refractivity contribution in [1.29, 1.82) is 0 Å². The van der Waals surface area contributed by atoms with Gasteiger partial charge in [0.25, 0.3) is 5.91 Å². The molecule has 0 bridgehead atoms. The predicted octanol–water partition coefficient (Wildman–Crippen LogP) is 3.60. The summed E-state index contributed by atoms with van der Waals surface area (Å²) in [6.07, 6.45) is 0.985. The molecule has 2 atom stereocenters. The highest BCUT2D eigenvalue weighted by Crippen LogP contribution is 2.46. The van der Waals surface area contributed by atoms with E-state index in [9.17, 15) is 19.5 Å². The number of amides is 1. The number of ether oxygens (including phenoxy) is 1. The van der Waals surface area contributed by atoms with E-state index in [1.807, 2.05) is 36.4 Å². The minimum Gasteiger partial charge on any atom is -0.497 e. The van der Waals surface area contributed by atoms with Crippen LogP contribution in [0.5, 0.6) is 5.75 Å². The second kappa shape index (κ2) is 14.5. The first kappa shape index (κ1) is 29.2. The molecule has 0 aromatic heterocycles. The van der Waals surface area contributed by atoms with E-state index in [2.05, 4.69) is 12.2 Å². The molecule has 0 radical (unpaired) electrons. The third-order valence-corrected chi connectivity index (χ3v) is 6.62. The van der Waals surface area contributed by atoms with Crippen molar-refractivity contribution in [3.05, 3.63) is 65.2 Å². The van der Waals surface area contributed by atoms with E-state index >= 15 is 0 Å². The zero-order valence-corrected chi connectivity index (χ0v) is 21.5. The third-order valence-electron chi connectivity index (χ3n) is 5.02. The standard InChI is InChI=1S/C21H25ClN2O3S.C4H4O4/c1-3-10-23-11-12-24-17-9-6-15(22)13-18(17)28-20(19(25)21(24)26)14-4-7-16(27-2)8-5-14;5-3(6)1-2-4(7)8/h4-9,13,19-20,23,25H,3,10-12H2,1-2H3;1-2H,(H,5,6)(H,7,8)/t19-,20+;/m1./s1. The molecule has 1 amide bonds. The molecule has 36 heavy (non-hydrogen) atoms. The van der Waals surface area contributed by atoms with Crippen LogP contribution in [0.25, 0.3) is 0 Å². The van der Waals surface area contributed by atoms with Gasteiger partial charge in [-0.25, -0.2) is 9.59 Å². The summed E-state index contributed by atoms with van der Waals surface area (Å²) in [5.41, 5.74) is 1.65. The molecular weight excluding hydrogens is 508 g/mol. The van der Waals surface area contributed by atoms with Crippen molar-refractivity contribution in [2.45, 2.75) is 29.6 Å². The van der Waals surface area contributed by atoms with Crippen LogP contribution >= 0.6 is 23.4 Å². The number of carbonyl (C=O) groups is 3. The maximum absolute atomic E-state index is 13.1. The van der Waals surface area contributed by atoms with Crippen LogP contribution in [0, 0.1) is 0 Å². The van der Waals surface area contributed by atoms with Gasteiger partial charge >= 0.3 is 11.9 Å². The van der Waals surface area contributed by atoms with Crippen molar-refractivity contribution in [3.8, 4) is 5.75 Å². The molecule has 0 saturated heterocycles. The normalized spacial score (nSPS) is 17.1. The van der Waals surface area contributed by atoms with Crippen molar-refractivity contribution in [1.82, 2.24) is 5.32 Å². The molecule has 0 saturated carbocycles. The van der Waals surface area contributed by atoms with Gasteiger partial charge in [0.1, 0.15) is 11.9 Å². The first-order valence-corrected chi connectivity index (χ1v) is 12.4. The van der Waals surface area contributed by atoms with Gasteiger partial charge in [0.05, 0.1) is 18.0 Å². The quantitative estimate of drug-likeness (QED) is 0.280. The molecule has 194 valence electrons. The lowest BCUT2D eigenvalue weighted by Crippen LogP contribution is -2.43. The summed E-state index contributed by atoms with van der Waals surface area (Å²) < 4.78 is 5.21. The van der Waals surface area contributed by atoms with E-state index in [1.54, 1.807) is 18.1 Å². The summed E-state index contributed by atoms with van der Waals surface area (Å²) in [6.45, 7) is 4.13. The van der Waals surface area contributed by atoms with Crippen LogP contribution in [-0.2, 0) is 14.4 Å². The van der Waals surface area contributed by atoms with Gasteiger partial charge < -0.3 is 30.3 Å². The van der Waals surface area contributed by atoms with Gasteiger partial charge in [-0.3, -0.25) is 4.79 Å². The summed E-state index contributed by atoms with van der Waals surface area (Å²) in [5.74, 6) is -2.08. The predicted molar refractivity (Wildman–Crippen MR) is 139 cm³/mol. The second-order valence-electron chi connectivity index (χ2n) is 7.62. The average molecular weight is 537 g/mol. The van der Waals surface area contributed by atoms with Crippen molar-refractivity contribution in [3.63, 3.8) is 0 Å². The number of carboxylic acid groups (broad SMARTS) is 2. The van der Waals surface area contributed by atoms with Crippen LogP contribution in [0.2, 0.25) is 5.02 Å². The van der Waals surface area contributed by atoms with Crippen LogP contribution in [0.1, 0.15) is 24.2 Å². The Bertz CT molecular complexity index is 1060. The van der Waals surface area contributed by atoms with Crippen molar-refractivity contribution < 1.29 is 34.4 Å². The number of thioether (sulfide) groups is 1. The fourth-order valence-electron chi connectivity index (χ4n) is 3.32. The van der Waals surface area contributed by atoms with E-state index in [0.29, 0.717) is 30.3 Å². The van der Waals surface area contributed by atoms with Gasteiger partial charge in [-0.15, -0.1) is 11.8 Å².